The Morgan fingerprint density at radius 1 is 1.17 bits per heavy atom. The van der Waals surface area contributed by atoms with Gasteiger partial charge in [-0.05, 0) is 29.8 Å². The van der Waals surface area contributed by atoms with Crippen molar-refractivity contribution in [2.75, 3.05) is 0 Å². The zero-order valence-electron chi connectivity index (χ0n) is 5.85. The van der Waals surface area contributed by atoms with Gasteiger partial charge in [-0.25, -0.2) is 0 Å². The van der Waals surface area contributed by atoms with E-state index >= 15 is 0 Å². The van der Waals surface area contributed by atoms with Crippen LogP contribution in [-0.4, -0.2) is 0 Å². The lowest BCUT2D eigenvalue weighted by Crippen LogP contribution is -1.87. The van der Waals surface area contributed by atoms with E-state index in [1.54, 1.807) is 24.3 Å². The van der Waals surface area contributed by atoms with Crippen LogP contribution in [-0.2, 0) is 0 Å². The molecule has 0 aliphatic heterocycles. The molecule has 0 bridgehead atoms. The zero-order valence-corrected chi connectivity index (χ0v) is 8.12. The molecule has 0 saturated carbocycles. The van der Waals surface area contributed by atoms with E-state index in [0.717, 1.165) is 0 Å². The molecule has 63 valence electrons. The second kappa shape index (κ2) is 4.61. The van der Waals surface area contributed by atoms with Gasteiger partial charge in [0.05, 0.1) is 0 Å². The van der Waals surface area contributed by atoms with Crippen molar-refractivity contribution in [3.8, 4) is 5.75 Å². The predicted molar refractivity (Wildman–Crippen MR) is 50.5 cm³/mol. The van der Waals surface area contributed by atoms with Crippen molar-refractivity contribution < 1.29 is 4.74 Å². The van der Waals surface area contributed by atoms with Crippen molar-refractivity contribution in [3.63, 3.8) is 0 Å². The number of halogens is 3. The summed E-state index contributed by atoms with van der Waals surface area (Å²) >= 11 is 16.3. The summed E-state index contributed by atoms with van der Waals surface area (Å²) in [5.41, 5.74) is 0. The molecule has 1 nitrogen and oxygen atoms in total. The third-order valence-corrected chi connectivity index (χ3v) is 1.85. The fraction of sp³-hybridized carbons (Fsp3) is 0. The summed E-state index contributed by atoms with van der Waals surface area (Å²) < 4.78 is 4.94. The van der Waals surface area contributed by atoms with Crippen molar-refractivity contribution in [3.05, 3.63) is 40.0 Å². The van der Waals surface area contributed by atoms with Gasteiger partial charge < -0.3 is 4.74 Å². The molecule has 1 radical (unpaired) electrons. The van der Waals surface area contributed by atoms with Crippen LogP contribution < -0.4 is 4.74 Å². The van der Waals surface area contributed by atoms with Gasteiger partial charge in [0.15, 0.2) is 4.49 Å². The highest BCUT2D eigenvalue weighted by molar-refractivity contribution is 6.59. The van der Waals surface area contributed by atoms with Crippen LogP contribution >= 0.6 is 34.8 Å². The molecule has 1 rings (SSSR count). The molecule has 0 N–H and O–H groups in total. The summed E-state index contributed by atoms with van der Waals surface area (Å²) in [4.78, 5) is 0. The van der Waals surface area contributed by atoms with Gasteiger partial charge in [-0.3, -0.25) is 0 Å². The quantitative estimate of drug-likeness (QED) is 0.693. The van der Waals surface area contributed by atoms with E-state index < -0.39 is 0 Å². The Labute approximate surface area is 85.5 Å². The van der Waals surface area contributed by atoms with Gasteiger partial charge in [0, 0.05) is 0 Å². The lowest BCUT2D eigenvalue weighted by Gasteiger charge is -2.01. The highest BCUT2D eigenvalue weighted by Gasteiger charge is 2.00. The molecule has 0 spiro atoms. The van der Waals surface area contributed by atoms with Crippen LogP contribution in [0.15, 0.2) is 34.0 Å². The van der Waals surface area contributed by atoms with Crippen molar-refractivity contribution in [1.82, 2.24) is 0 Å². The molecule has 12 heavy (non-hydrogen) atoms. The number of hydrogen-bond donors (Lipinski definition) is 0. The lowest BCUT2D eigenvalue weighted by atomic mass is 10.3. The first-order valence-corrected chi connectivity index (χ1v) is 4.18. The Hall–Kier alpha value is -0.370. The summed E-state index contributed by atoms with van der Waals surface area (Å²) in [6, 6.07) is 9.61. The van der Waals surface area contributed by atoms with Gasteiger partial charge in [0.1, 0.15) is 5.75 Å². The maximum Gasteiger partial charge on any atom is 0.224 e. The number of ether oxygens (including phenoxy) is 1. The average molecular weight is 222 g/mol. The minimum absolute atomic E-state index is 0.0375. The second-order valence-electron chi connectivity index (χ2n) is 1.87. The fourth-order valence-electron chi connectivity index (χ4n) is 0.582. The molecule has 4 heteroatoms. The van der Waals surface area contributed by atoms with Gasteiger partial charge in [-0.1, -0.05) is 35.3 Å². The Morgan fingerprint density at radius 2 is 1.75 bits per heavy atom. The second-order valence-corrected chi connectivity index (χ2v) is 3.16. The molecular formula is C8H4Cl3O. The van der Waals surface area contributed by atoms with Crippen molar-refractivity contribution >= 4 is 34.8 Å². The minimum atomic E-state index is -0.0931. The number of benzene rings is 1. The van der Waals surface area contributed by atoms with Gasteiger partial charge >= 0.3 is 0 Å². The SMILES string of the molecule is ClC(Cl)=C(Cl)Oc1cc[c]cc1. The van der Waals surface area contributed by atoms with Crippen LogP contribution in [0.2, 0.25) is 0 Å². The third kappa shape index (κ3) is 2.94. The zero-order chi connectivity index (χ0) is 8.97. The molecule has 0 aliphatic rings. The lowest BCUT2D eigenvalue weighted by molar-refractivity contribution is 0.462. The van der Waals surface area contributed by atoms with Gasteiger partial charge in [0.25, 0.3) is 0 Å². The van der Waals surface area contributed by atoms with E-state index in [-0.39, 0.29) is 9.71 Å². The molecule has 0 aliphatic carbocycles. The molecule has 0 amide bonds. The Balaban J connectivity index is 2.72. The molecule has 0 atom stereocenters. The standard InChI is InChI=1S/C8H4Cl3O/c9-7(10)8(11)12-6-4-2-1-3-5-6/h2-5H. The monoisotopic (exact) mass is 221 g/mol. The highest BCUT2D eigenvalue weighted by Crippen LogP contribution is 2.21. The third-order valence-electron chi connectivity index (χ3n) is 1.04. The fourth-order valence-corrected chi connectivity index (χ4v) is 0.748. The summed E-state index contributed by atoms with van der Waals surface area (Å²) in [5.74, 6) is 0.567. The molecule has 0 heterocycles. The van der Waals surface area contributed by atoms with E-state index in [0.29, 0.717) is 5.75 Å². The molecular weight excluding hydrogens is 218 g/mol. The van der Waals surface area contributed by atoms with E-state index in [1.807, 2.05) is 0 Å². The van der Waals surface area contributed by atoms with Crippen LogP contribution in [0, 0.1) is 6.07 Å². The normalized spacial score (nSPS) is 9.25. The van der Waals surface area contributed by atoms with Crippen molar-refractivity contribution in [2.45, 2.75) is 0 Å². The van der Waals surface area contributed by atoms with Gasteiger partial charge in [0.2, 0.25) is 5.22 Å². The molecule has 1 aromatic rings. The molecule has 0 fully saturated rings. The Kier molecular flexibility index (Phi) is 3.73. The maximum atomic E-state index is 5.53. The summed E-state index contributed by atoms with van der Waals surface area (Å²) in [7, 11) is 0. The maximum absolute atomic E-state index is 5.53. The van der Waals surface area contributed by atoms with E-state index in [9.17, 15) is 0 Å². The Bertz CT molecular complexity index is 278. The van der Waals surface area contributed by atoms with E-state index in [4.69, 9.17) is 39.5 Å². The highest BCUT2D eigenvalue weighted by atomic mass is 35.5. The average Bonchev–Trinajstić information content (AvgIpc) is 2.06. The molecule has 0 saturated heterocycles. The van der Waals surface area contributed by atoms with Crippen LogP contribution in [0.25, 0.3) is 0 Å². The first kappa shape index (κ1) is 9.72. The smallest absolute Gasteiger partial charge is 0.224 e. The van der Waals surface area contributed by atoms with Gasteiger partial charge in [-0.15, -0.1) is 0 Å². The van der Waals surface area contributed by atoms with Gasteiger partial charge in [-0.2, -0.15) is 0 Å². The molecule has 1 aromatic carbocycles. The first-order valence-electron chi connectivity index (χ1n) is 3.05. The van der Waals surface area contributed by atoms with Crippen LogP contribution in [0.1, 0.15) is 0 Å². The number of hydrogen-bond acceptors (Lipinski definition) is 1. The van der Waals surface area contributed by atoms with Crippen LogP contribution in [0.5, 0.6) is 5.75 Å². The predicted octanol–water partition coefficient (Wildman–Crippen LogP) is 3.71. The summed E-state index contributed by atoms with van der Waals surface area (Å²) in [6.07, 6.45) is 0. The summed E-state index contributed by atoms with van der Waals surface area (Å²) in [6.45, 7) is 0. The first-order chi connectivity index (χ1) is 5.70. The topological polar surface area (TPSA) is 9.23 Å². The molecule has 0 unspecified atom stereocenters. The van der Waals surface area contributed by atoms with E-state index in [2.05, 4.69) is 6.07 Å². The largest absolute Gasteiger partial charge is 0.443 e. The van der Waals surface area contributed by atoms with Crippen molar-refractivity contribution in [1.29, 1.82) is 0 Å². The van der Waals surface area contributed by atoms with Crippen molar-refractivity contribution in [2.24, 2.45) is 0 Å². The summed E-state index contributed by atoms with van der Waals surface area (Å²) in [5, 5.41) is -0.0375. The number of rotatable bonds is 2. The van der Waals surface area contributed by atoms with Crippen LogP contribution in [0.4, 0.5) is 0 Å². The minimum Gasteiger partial charge on any atom is -0.443 e. The van der Waals surface area contributed by atoms with E-state index in [1.165, 1.54) is 0 Å². The van der Waals surface area contributed by atoms with Crippen LogP contribution in [0.3, 0.4) is 0 Å². The Morgan fingerprint density at radius 3 is 2.25 bits per heavy atom. The molecule has 0 aromatic heterocycles.